The maximum Gasteiger partial charge on any atom is 0.260 e. The van der Waals surface area contributed by atoms with Gasteiger partial charge >= 0.3 is 0 Å². The Bertz CT molecular complexity index is 525. The Morgan fingerprint density at radius 1 is 1.50 bits per heavy atom. The van der Waals surface area contributed by atoms with Crippen molar-refractivity contribution in [2.45, 2.75) is 38.8 Å². The van der Waals surface area contributed by atoms with Gasteiger partial charge in [-0.3, -0.25) is 9.69 Å². The molecule has 1 N–H and O–H groups in total. The number of benzene rings is 1. The summed E-state index contributed by atoms with van der Waals surface area (Å²) < 4.78 is 5.61. The van der Waals surface area contributed by atoms with Crippen LogP contribution in [0, 0.1) is 0 Å². The van der Waals surface area contributed by atoms with E-state index in [4.69, 9.17) is 27.9 Å². The minimum absolute atomic E-state index is 0.131. The summed E-state index contributed by atoms with van der Waals surface area (Å²) in [7, 11) is 0. The lowest BCUT2D eigenvalue weighted by atomic mass is 10.2. The van der Waals surface area contributed by atoms with Crippen LogP contribution in [-0.2, 0) is 4.79 Å². The molecule has 0 bridgehead atoms. The molecule has 6 heteroatoms. The SMILES string of the molecule is CCN1CCCC1CNC(=O)C(C)Oc1ccc(Cl)cc1Cl. The van der Waals surface area contributed by atoms with Gasteiger partial charge in [-0.2, -0.15) is 0 Å². The molecule has 122 valence electrons. The minimum atomic E-state index is -0.602. The number of carbonyl (C=O) groups is 1. The zero-order valence-electron chi connectivity index (χ0n) is 12.9. The van der Waals surface area contributed by atoms with Gasteiger partial charge in [0.2, 0.25) is 0 Å². The van der Waals surface area contributed by atoms with E-state index in [2.05, 4.69) is 17.1 Å². The summed E-state index contributed by atoms with van der Waals surface area (Å²) in [4.78, 5) is 14.5. The van der Waals surface area contributed by atoms with Gasteiger partial charge in [-0.05, 0) is 51.1 Å². The number of likely N-dealkylation sites (N-methyl/N-ethyl adjacent to an activating group) is 1. The highest BCUT2D eigenvalue weighted by molar-refractivity contribution is 6.35. The van der Waals surface area contributed by atoms with E-state index in [1.807, 2.05) is 0 Å². The van der Waals surface area contributed by atoms with E-state index in [9.17, 15) is 4.79 Å². The van der Waals surface area contributed by atoms with Crippen molar-refractivity contribution in [1.29, 1.82) is 0 Å². The Balaban J connectivity index is 1.84. The lowest BCUT2D eigenvalue weighted by Crippen LogP contribution is -2.44. The van der Waals surface area contributed by atoms with Gasteiger partial charge in [-0.15, -0.1) is 0 Å². The van der Waals surface area contributed by atoms with Gasteiger partial charge in [0, 0.05) is 17.6 Å². The van der Waals surface area contributed by atoms with Crippen molar-refractivity contribution in [3.63, 3.8) is 0 Å². The molecule has 2 unspecified atom stereocenters. The normalized spacial score (nSPS) is 19.9. The Hall–Kier alpha value is -0.970. The monoisotopic (exact) mass is 344 g/mol. The maximum absolute atomic E-state index is 12.2. The average Bonchev–Trinajstić information content (AvgIpc) is 2.95. The predicted octanol–water partition coefficient (Wildman–Crippen LogP) is 3.36. The fourth-order valence-electron chi connectivity index (χ4n) is 2.72. The predicted molar refractivity (Wildman–Crippen MR) is 89.8 cm³/mol. The van der Waals surface area contributed by atoms with Crippen LogP contribution in [0.3, 0.4) is 0 Å². The molecule has 0 aromatic heterocycles. The summed E-state index contributed by atoms with van der Waals surface area (Å²) in [6, 6.07) is 5.39. The van der Waals surface area contributed by atoms with E-state index in [1.54, 1.807) is 25.1 Å². The summed E-state index contributed by atoms with van der Waals surface area (Å²) >= 11 is 11.9. The van der Waals surface area contributed by atoms with E-state index in [-0.39, 0.29) is 5.91 Å². The number of halogens is 2. The van der Waals surface area contributed by atoms with Crippen molar-refractivity contribution in [3.05, 3.63) is 28.2 Å². The highest BCUT2D eigenvalue weighted by Gasteiger charge is 2.24. The van der Waals surface area contributed by atoms with Gasteiger partial charge in [-0.25, -0.2) is 0 Å². The molecule has 0 aliphatic carbocycles. The van der Waals surface area contributed by atoms with Crippen LogP contribution in [-0.4, -0.2) is 42.6 Å². The molecule has 1 heterocycles. The van der Waals surface area contributed by atoms with E-state index >= 15 is 0 Å². The molecule has 1 aromatic rings. The van der Waals surface area contributed by atoms with Crippen molar-refractivity contribution < 1.29 is 9.53 Å². The number of hydrogen-bond acceptors (Lipinski definition) is 3. The van der Waals surface area contributed by atoms with Crippen LogP contribution < -0.4 is 10.1 Å². The summed E-state index contributed by atoms with van der Waals surface area (Å²) in [6.07, 6.45) is 1.72. The number of amides is 1. The Morgan fingerprint density at radius 3 is 2.95 bits per heavy atom. The third-order valence-corrected chi connectivity index (χ3v) is 4.51. The maximum atomic E-state index is 12.2. The third-order valence-electron chi connectivity index (χ3n) is 3.98. The molecule has 4 nitrogen and oxygen atoms in total. The number of nitrogens with zero attached hydrogens (tertiary/aromatic N) is 1. The first-order chi connectivity index (χ1) is 10.5. The number of rotatable bonds is 6. The zero-order chi connectivity index (χ0) is 16.1. The van der Waals surface area contributed by atoms with Gasteiger partial charge in [0.25, 0.3) is 5.91 Å². The molecular formula is C16H22Cl2N2O2. The highest BCUT2D eigenvalue weighted by Crippen LogP contribution is 2.28. The first-order valence-electron chi connectivity index (χ1n) is 7.64. The van der Waals surface area contributed by atoms with Crippen molar-refractivity contribution in [2.75, 3.05) is 19.6 Å². The van der Waals surface area contributed by atoms with Gasteiger partial charge in [-0.1, -0.05) is 30.1 Å². The van der Waals surface area contributed by atoms with Crippen molar-refractivity contribution in [3.8, 4) is 5.75 Å². The van der Waals surface area contributed by atoms with E-state index < -0.39 is 6.10 Å². The van der Waals surface area contributed by atoms with Crippen LogP contribution >= 0.6 is 23.2 Å². The largest absolute Gasteiger partial charge is 0.479 e. The molecule has 1 saturated heterocycles. The topological polar surface area (TPSA) is 41.6 Å². The number of likely N-dealkylation sites (tertiary alicyclic amines) is 1. The van der Waals surface area contributed by atoms with Crippen molar-refractivity contribution in [2.24, 2.45) is 0 Å². The molecular weight excluding hydrogens is 323 g/mol. The van der Waals surface area contributed by atoms with Crippen LogP contribution in [0.1, 0.15) is 26.7 Å². The smallest absolute Gasteiger partial charge is 0.260 e. The molecule has 0 radical (unpaired) electrons. The Kier molecular flexibility index (Phi) is 6.36. The Labute approximate surface area is 141 Å². The van der Waals surface area contributed by atoms with Crippen LogP contribution in [0.5, 0.6) is 5.75 Å². The minimum Gasteiger partial charge on any atom is -0.479 e. The summed E-state index contributed by atoms with van der Waals surface area (Å²) in [5, 5.41) is 3.91. The van der Waals surface area contributed by atoms with Crippen molar-refractivity contribution >= 4 is 29.1 Å². The third kappa shape index (κ3) is 4.51. The molecule has 1 aliphatic rings. The molecule has 2 atom stereocenters. The molecule has 1 fully saturated rings. The molecule has 1 amide bonds. The lowest BCUT2D eigenvalue weighted by molar-refractivity contribution is -0.127. The van der Waals surface area contributed by atoms with Gasteiger partial charge < -0.3 is 10.1 Å². The second kappa shape index (κ2) is 8.04. The van der Waals surface area contributed by atoms with Crippen molar-refractivity contribution in [1.82, 2.24) is 10.2 Å². The Morgan fingerprint density at radius 2 is 2.27 bits per heavy atom. The van der Waals surface area contributed by atoms with Crippen LogP contribution in [0.4, 0.5) is 0 Å². The number of hydrogen-bond donors (Lipinski definition) is 1. The quantitative estimate of drug-likeness (QED) is 0.860. The fourth-order valence-corrected chi connectivity index (χ4v) is 3.17. The molecule has 1 aliphatic heterocycles. The molecule has 1 aromatic carbocycles. The lowest BCUT2D eigenvalue weighted by Gasteiger charge is -2.24. The van der Waals surface area contributed by atoms with Gasteiger partial charge in [0.05, 0.1) is 5.02 Å². The molecule has 22 heavy (non-hydrogen) atoms. The second-order valence-electron chi connectivity index (χ2n) is 5.50. The number of ether oxygens (including phenoxy) is 1. The van der Waals surface area contributed by atoms with E-state index in [0.717, 1.165) is 19.5 Å². The average molecular weight is 345 g/mol. The molecule has 2 rings (SSSR count). The van der Waals surface area contributed by atoms with Gasteiger partial charge in [0.15, 0.2) is 6.10 Å². The van der Waals surface area contributed by atoms with Crippen LogP contribution in [0.15, 0.2) is 18.2 Å². The highest BCUT2D eigenvalue weighted by atomic mass is 35.5. The summed E-state index contributed by atoms with van der Waals surface area (Å²) in [5.41, 5.74) is 0. The molecule has 0 spiro atoms. The zero-order valence-corrected chi connectivity index (χ0v) is 14.5. The van der Waals surface area contributed by atoms with Gasteiger partial charge in [0.1, 0.15) is 5.75 Å². The number of carbonyl (C=O) groups excluding carboxylic acids is 1. The standard InChI is InChI=1S/C16H22Cl2N2O2/c1-3-20-8-4-5-13(20)10-19-16(21)11(2)22-15-7-6-12(17)9-14(15)18/h6-7,9,11,13H,3-5,8,10H2,1-2H3,(H,19,21). The molecule has 0 saturated carbocycles. The van der Waals surface area contributed by atoms with Crippen LogP contribution in [0.25, 0.3) is 0 Å². The summed E-state index contributed by atoms with van der Waals surface area (Å²) in [6.45, 7) is 6.66. The second-order valence-corrected chi connectivity index (χ2v) is 6.35. The first kappa shape index (κ1) is 17.4. The van der Waals surface area contributed by atoms with E-state index in [1.165, 1.54) is 6.42 Å². The first-order valence-corrected chi connectivity index (χ1v) is 8.40. The fraction of sp³-hybridized carbons (Fsp3) is 0.562. The van der Waals surface area contributed by atoms with E-state index in [0.29, 0.717) is 28.4 Å². The van der Waals surface area contributed by atoms with Crippen LogP contribution in [0.2, 0.25) is 10.0 Å². The number of nitrogens with one attached hydrogen (secondary N) is 1. The summed E-state index contributed by atoms with van der Waals surface area (Å²) in [5.74, 6) is 0.332.